The topological polar surface area (TPSA) is 0 Å². The number of hydrogen-bond acceptors (Lipinski definition) is 0. The van der Waals surface area contributed by atoms with Gasteiger partial charge in [-0.15, -0.1) is 0 Å². The van der Waals surface area contributed by atoms with E-state index in [0.29, 0.717) is 0 Å². The van der Waals surface area contributed by atoms with Crippen LogP contribution in [0.3, 0.4) is 0 Å². The van der Waals surface area contributed by atoms with Gasteiger partial charge in [-0.2, -0.15) is 7.20 Å². The third-order valence-electron chi connectivity index (χ3n) is 1.47. The normalized spacial score (nSPS) is 16.0. The summed E-state index contributed by atoms with van der Waals surface area (Å²) >= 11 is 2.78. The molecule has 0 aliphatic heterocycles. The summed E-state index contributed by atoms with van der Waals surface area (Å²) < 4.78 is 0. The minimum absolute atomic E-state index is 0.304. The molecule has 0 saturated carbocycles. The first kappa shape index (κ1) is 14.5. The van der Waals surface area contributed by atoms with Crippen LogP contribution >= 0.6 is 28.4 Å². The molecule has 0 bridgehead atoms. The first-order chi connectivity index (χ1) is 5.41. The van der Waals surface area contributed by atoms with Crippen LogP contribution in [0.1, 0.15) is 0 Å². The van der Waals surface area contributed by atoms with Crippen molar-refractivity contribution < 1.29 is 0 Å². The molecule has 0 aromatic rings. The quantitative estimate of drug-likeness (QED) is 0.517. The molecular weight excluding hydrogens is 323 g/mol. The molecule has 0 aromatic carbocycles. The predicted octanol–water partition coefficient (Wildman–Crippen LogP) is 4.53. The van der Waals surface area contributed by atoms with Crippen LogP contribution in [0.25, 0.3) is 0 Å². The first-order valence-corrected chi connectivity index (χ1v) is 17.2. The van der Waals surface area contributed by atoms with Gasteiger partial charge in [-0.05, 0) is 38.2 Å². The molecule has 0 saturated heterocycles. The Morgan fingerprint density at radius 1 is 0.846 bits per heavy atom. The average molecular weight is 348 g/mol. The smallest absolute Gasteiger partial charge is 0.0537 e. The summed E-state index contributed by atoms with van der Waals surface area (Å²) in [6.45, 7) is 15.0. The largest absolute Gasteiger partial charge is 0.195 e. The van der Waals surface area contributed by atoms with Crippen LogP contribution in [0.15, 0.2) is 0 Å². The zero-order valence-electron chi connectivity index (χ0n) is 10.2. The molecule has 0 aliphatic rings. The van der Waals surface area contributed by atoms with Gasteiger partial charge >= 0.3 is 0 Å². The molecule has 0 nitrogen and oxygen atoms in total. The summed E-state index contributed by atoms with van der Waals surface area (Å²) in [4.78, 5) is 0. The lowest BCUT2D eigenvalue weighted by Crippen LogP contribution is -2.35. The Bertz CT molecular complexity index is 149. The van der Waals surface area contributed by atoms with Crippen molar-refractivity contribution in [3.63, 3.8) is 0 Å². The lowest BCUT2D eigenvalue weighted by atomic mass is 11.7. The van der Waals surface area contributed by atoms with E-state index in [2.05, 4.69) is 66.7 Å². The molecule has 82 valence electrons. The van der Waals surface area contributed by atoms with Crippen molar-refractivity contribution in [2.24, 2.45) is 0 Å². The number of rotatable bonds is 4. The highest BCUT2D eigenvalue weighted by atomic mass is 127. The second-order valence-electron chi connectivity index (χ2n) is 6.56. The van der Waals surface area contributed by atoms with Gasteiger partial charge in [0.05, 0.1) is 16.1 Å². The Labute approximate surface area is 100 Å². The van der Waals surface area contributed by atoms with E-state index in [4.69, 9.17) is 0 Å². The predicted molar refractivity (Wildman–Crippen MR) is 84.0 cm³/mol. The molecule has 0 heterocycles. The Morgan fingerprint density at radius 2 is 1.08 bits per heavy atom. The maximum atomic E-state index is 2.78. The van der Waals surface area contributed by atoms with E-state index in [1.807, 2.05) is 0 Å². The maximum absolute atomic E-state index is 2.78. The van der Waals surface area contributed by atoms with Crippen molar-refractivity contribution in [2.75, 3.05) is 17.0 Å². The van der Waals surface area contributed by atoms with Crippen LogP contribution in [0.2, 0.25) is 39.3 Å². The minimum atomic E-state index is -0.841. The van der Waals surface area contributed by atoms with Crippen LogP contribution in [-0.2, 0) is 0 Å². The van der Waals surface area contributed by atoms with E-state index in [1.54, 1.807) is 10.8 Å². The van der Waals surface area contributed by atoms with Crippen LogP contribution in [0.5, 0.6) is 0 Å². The van der Waals surface area contributed by atoms with Gasteiger partial charge in [0.25, 0.3) is 0 Å². The van der Waals surface area contributed by atoms with Gasteiger partial charge < -0.3 is 0 Å². The van der Waals surface area contributed by atoms with Crippen molar-refractivity contribution in [1.29, 1.82) is 0 Å². The average Bonchev–Trinajstić information content (AvgIpc) is 1.43. The van der Waals surface area contributed by atoms with Crippen molar-refractivity contribution in [1.82, 2.24) is 0 Å². The van der Waals surface area contributed by atoms with Crippen LogP contribution in [0.4, 0.5) is 0 Å². The molecule has 0 radical (unpaired) electrons. The van der Waals surface area contributed by atoms with Gasteiger partial charge in [0, 0.05) is 0 Å². The second kappa shape index (κ2) is 4.57. The summed E-state index contributed by atoms with van der Waals surface area (Å²) in [6.07, 6.45) is 2.53. The Balaban J connectivity index is 4.25. The van der Waals surface area contributed by atoms with Crippen molar-refractivity contribution in [3.8, 4) is 0 Å². The lowest BCUT2D eigenvalue weighted by Gasteiger charge is -2.38. The van der Waals surface area contributed by atoms with Gasteiger partial charge in [0.1, 0.15) is 0 Å². The molecule has 0 fully saturated rings. The fraction of sp³-hybridized carbons (Fsp3) is 1.00. The number of halogens is 1. The zero-order chi connectivity index (χ0) is 10.9. The van der Waals surface area contributed by atoms with E-state index in [1.165, 1.54) is 0 Å². The summed E-state index contributed by atoms with van der Waals surface area (Å²) in [5, 5.41) is 3.09. The molecule has 0 aromatic heterocycles. The van der Waals surface area contributed by atoms with Gasteiger partial charge in [-0.25, -0.2) is 0 Å². The van der Waals surface area contributed by atoms with Gasteiger partial charge in [0.15, 0.2) is 0 Å². The molecule has 13 heavy (non-hydrogen) atoms. The summed E-state index contributed by atoms with van der Waals surface area (Å²) in [7, 11) is -1.98. The SMILES string of the molecule is C[Si](C)(C)CS(C)(I)C[Si](C)(C)C. The molecule has 4 heteroatoms. The Hall–Kier alpha value is 1.51. The van der Waals surface area contributed by atoms with Gasteiger partial charge in [0.2, 0.25) is 0 Å². The van der Waals surface area contributed by atoms with Crippen molar-refractivity contribution in [2.45, 2.75) is 39.3 Å². The zero-order valence-corrected chi connectivity index (χ0v) is 15.2. The van der Waals surface area contributed by atoms with Crippen LogP contribution in [0, 0.1) is 0 Å². The van der Waals surface area contributed by atoms with Crippen molar-refractivity contribution >= 4 is 44.6 Å². The van der Waals surface area contributed by atoms with Gasteiger partial charge in [-0.3, -0.25) is 0 Å². The standard InChI is InChI=1S/C9H25ISSi2/c1-11(10,8-12(2,3)4)9-13(5,6)7/h8-9H2,1-7H3. The van der Waals surface area contributed by atoms with E-state index in [-0.39, 0.29) is 7.20 Å². The maximum Gasteiger partial charge on any atom is 0.0537 e. The third kappa shape index (κ3) is 9.81. The molecule has 0 amide bonds. The summed E-state index contributed by atoms with van der Waals surface area (Å²) in [5.74, 6) is 0. The Kier molecular flexibility index (Phi) is 5.10. The minimum Gasteiger partial charge on any atom is -0.195 e. The molecular formula is C9H25ISSi2. The highest BCUT2D eigenvalue weighted by molar-refractivity contribution is 14.2. The highest BCUT2D eigenvalue weighted by Gasteiger charge is 2.29. The molecule has 0 atom stereocenters. The Morgan fingerprint density at radius 3 is 1.23 bits per heavy atom. The molecule has 0 rings (SSSR count). The molecule has 0 N–H and O–H groups in total. The van der Waals surface area contributed by atoms with Crippen LogP contribution < -0.4 is 0 Å². The fourth-order valence-corrected chi connectivity index (χ4v) is 34.4. The van der Waals surface area contributed by atoms with Crippen LogP contribution in [-0.4, -0.2) is 33.2 Å². The van der Waals surface area contributed by atoms with E-state index < -0.39 is 16.1 Å². The van der Waals surface area contributed by atoms with Gasteiger partial charge in [-0.1, -0.05) is 39.3 Å². The second-order valence-corrected chi connectivity index (χ2v) is 27.8. The van der Waals surface area contributed by atoms with E-state index >= 15 is 0 Å². The lowest BCUT2D eigenvalue weighted by molar-refractivity contribution is 1.62. The first-order valence-electron chi connectivity index (χ1n) is 4.85. The molecule has 0 aliphatic carbocycles. The summed E-state index contributed by atoms with van der Waals surface area (Å²) in [6, 6.07) is 0. The fourth-order valence-electron chi connectivity index (χ4n) is 1.86. The number of hydrogen-bond donors (Lipinski definition) is 0. The molecule has 0 unspecified atom stereocenters. The van der Waals surface area contributed by atoms with E-state index in [0.717, 1.165) is 0 Å². The molecule has 0 spiro atoms. The van der Waals surface area contributed by atoms with E-state index in [9.17, 15) is 0 Å². The monoisotopic (exact) mass is 348 g/mol. The third-order valence-corrected chi connectivity index (χ3v) is 18.8. The van der Waals surface area contributed by atoms with Crippen molar-refractivity contribution in [3.05, 3.63) is 0 Å². The highest BCUT2D eigenvalue weighted by Crippen LogP contribution is 2.55. The summed E-state index contributed by atoms with van der Waals surface area (Å²) in [5.41, 5.74) is 0.